The van der Waals surface area contributed by atoms with E-state index in [0.29, 0.717) is 35.2 Å². The van der Waals surface area contributed by atoms with Gasteiger partial charge in [-0.3, -0.25) is 29.4 Å². The lowest BCUT2D eigenvalue weighted by molar-refractivity contribution is -0.384. The van der Waals surface area contributed by atoms with Crippen LogP contribution in [0.2, 0.25) is 10.0 Å². The van der Waals surface area contributed by atoms with Crippen LogP contribution in [0.1, 0.15) is 57.1 Å². The Morgan fingerprint density at radius 2 is 1.82 bits per heavy atom. The van der Waals surface area contributed by atoms with Gasteiger partial charge in [0.15, 0.2) is 0 Å². The van der Waals surface area contributed by atoms with Gasteiger partial charge in [0.1, 0.15) is 17.0 Å². The largest absolute Gasteiger partial charge is 0.468 e. The van der Waals surface area contributed by atoms with Gasteiger partial charge < -0.3 is 15.0 Å². The molecule has 0 aromatic heterocycles. The molecule has 3 fully saturated rings. The Morgan fingerprint density at radius 3 is 2.47 bits per heavy atom. The van der Waals surface area contributed by atoms with Gasteiger partial charge in [0.25, 0.3) is 5.69 Å². The number of nitro groups is 1. The maximum atomic E-state index is 16.1. The van der Waals surface area contributed by atoms with E-state index in [-0.39, 0.29) is 28.5 Å². The Bertz CT molecular complexity index is 1850. The van der Waals surface area contributed by atoms with Crippen LogP contribution in [-0.4, -0.2) is 59.4 Å². The summed E-state index contributed by atoms with van der Waals surface area (Å²) < 4.78 is 21.0. The van der Waals surface area contributed by atoms with E-state index in [4.69, 9.17) is 27.9 Å². The van der Waals surface area contributed by atoms with Crippen LogP contribution >= 0.6 is 23.2 Å². The second-order valence-corrected chi connectivity index (χ2v) is 14.6. The number of hydrogen-bond donors (Lipinski definition) is 1. The third-order valence-electron chi connectivity index (χ3n) is 10.5. The highest BCUT2D eigenvalue weighted by atomic mass is 35.5. The minimum atomic E-state index is -1.43. The van der Waals surface area contributed by atoms with E-state index >= 15 is 4.39 Å². The minimum Gasteiger partial charge on any atom is -0.468 e. The standard InChI is InChI=1S/C36H37Cl2FN4O6/c1-35(2,34(46)49-4)21-13-14-26(28(17-21)43(47)48)41-16-15-27-29(32(41)44)30(24-9-6-10-25(38)31(24)39)36(3,42(27)19-20-11-12-20)33(45)40-23-8-5-7-22(37)18-23/h5-10,13-14,17-18,20,27,29-30H,11-12,15-16,19H2,1-4H3,(H,40,45)/t27-,29+,30-,36+/m0/s1. The maximum absolute atomic E-state index is 16.1. The maximum Gasteiger partial charge on any atom is 0.315 e. The van der Waals surface area contributed by atoms with Crippen molar-refractivity contribution in [3.05, 3.63) is 97.8 Å². The van der Waals surface area contributed by atoms with Gasteiger partial charge in [-0.15, -0.1) is 0 Å². The molecule has 1 saturated carbocycles. The van der Waals surface area contributed by atoms with Crippen LogP contribution in [0.5, 0.6) is 0 Å². The predicted molar refractivity (Wildman–Crippen MR) is 184 cm³/mol. The molecule has 1 aliphatic carbocycles. The van der Waals surface area contributed by atoms with Crippen molar-refractivity contribution >= 4 is 58.0 Å². The number of piperidine rings is 1. The predicted octanol–water partition coefficient (Wildman–Crippen LogP) is 7.12. The number of anilines is 2. The number of carbonyl (C=O) groups excluding carboxylic acids is 3. The number of halogens is 3. The first-order chi connectivity index (χ1) is 23.2. The van der Waals surface area contributed by atoms with E-state index in [1.807, 2.05) is 4.90 Å². The summed E-state index contributed by atoms with van der Waals surface area (Å²) in [5.41, 5.74) is -2.03. The Morgan fingerprint density at radius 1 is 1.10 bits per heavy atom. The number of ether oxygens (including phenoxy) is 1. The second kappa shape index (κ2) is 13.0. The number of likely N-dealkylation sites (tertiary alicyclic amines) is 1. The average Bonchev–Trinajstić information content (AvgIpc) is 3.85. The molecule has 10 nitrogen and oxygen atoms in total. The van der Waals surface area contributed by atoms with E-state index in [0.717, 1.165) is 12.8 Å². The molecule has 3 aromatic rings. The molecule has 0 radical (unpaired) electrons. The van der Waals surface area contributed by atoms with Crippen molar-refractivity contribution in [2.75, 3.05) is 30.4 Å². The van der Waals surface area contributed by atoms with Crippen molar-refractivity contribution in [1.82, 2.24) is 4.90 Å². The highest BCUT2D eigenvalue weighted by Gasteiger charge is 2.65. The van der Waals surface area contributed by atoms with Crippen molar-refractivity contribution < 1.29 is 28.4 Å². The normalized spacial score (nSPS) is 24.0. The quantitative estimate of drug-likeness (QED) is 0.143. The summed E-state index contributed by atoms with van der Waals surface area (Å²) in [7, 11) is 1.24. The first-order valence-electron chi connectivity index (χ1n) is 16.2. The smallest absolute Gasteiger partial charge is 0.315 e. The zero-order valence-corrected chi connectivity index (χ0v) is 29.1. The molecule has 3 aliphatic rings. The summed E-state index contributed by atoms with van der Waals surface area (Å²) in [5.74, 6) is -3.87. The zero-order valence-electron chi connectivity index (χ0n) is 27.5. The molecule has 3 aromatic carbocycles. The number of benzene rings is 3. The lowest BCUT2D eigenvalue weighted by atomic mass is 9.72. The van der Waals surface area contributed by atoms with Crippen molar-refractivity contribution in [2.45, 2.75) is 62.9 Å². The number of rotatable bonds is 9. The summed E-state index contributed by atoms with van der Waals surface area (Å²) in [6.07, 6.45) is 2.31. The fraction of sp³-hybridized carbons (Fsp3) is 0.417. The fourth-order valence-corrected chi connectivity index (χ4v) is 8.01. The van der Waals surface area contributed by atoms with Gasteiger partial charge in [-0.05, 0) is 87.4 Å². The van der Waals surface area contributed by atoms with Crippen LogP contribution < -0.4 is 10.2 Å². The third kappa shape index (κ3) is 6.06. The summed E-state index contributed by atoms with van der Waals surface area (Å²) >= 11 is 12.5. The molecule has 4 atom stereocenters. The van der Waals surface area contributed by atoms with Gasteiger partial charge in [0.05, 0.1) is 28.4 Å². The lowest BCUT2D eigenvalue weighted by Crippen LogP contribution is -2.56. The number of esters is 1. The Labute approximate surface area is 293 Å². The van der Waals surface area contributed by atoms with Gasteiger partial charge in [0, 0.05) is 41.8 Å². The number of amides is 2. The highest BCUT2D eigenvalue weighted by Crippen LogP contribution is 2.55. The molecular weight excluding hydrogens is 674 g/mol. The van der Waals surface area contributed by atoms with Crippen LogP contribution in [0, 0.1) is 27.8 Å². The number of methoxy groups -OCH3 is 1. The molecule has 6 rings (SSSR count). The first kappa shape index (κ1) is 34.8. The van der Waals surface area contributed by atoms with Gasteiger partial charge in [-0.1, -0.05) is 47.5 Å². The van der Waals surface area contributed by atoms with Gasteiger partial charge in [-0.25, -0.2) is 4.39 Å². The molecule has 0 unspecified atom stereocenters. The van der Waals surface area contributed by atoms with Crippen molar-refractivity contribution in [1.29, 1.82) is 0 Å². The molecule has 0 spiro atoms. The van der Waals surface area contributed by atoms with E-state index in [1.165, 1.54) is 30.2 Å². The van der Waals surface area contributed by atoms with Crippen molar-refractivity contribution in [2.24, 2.45) is 11.8 Å². The highest BCUT2D eigenvalue weighted by molar-refractivity contribution is 6.31. The SMILES string of the molecule is COC(=O)C(C)(C)c1ccc(N2CC[C@H]3[C@@H](C2=O)[C@H](c2cccc(Cl)c2F)[C@](C)(C(=O)Nc2cccc(Cl)c2)N3CC2CC2)c([N+](=O)[O-])c1. The third-order valence-corrected chi connectivity index (χ3v) is 11.0. The molecule has 2 saturated heterocycles. The Balaban J connectivity index is 1.48. The van der Waals surface area contributed by atoms with Gasteiger partial charge in [0.2, 0.25) is 11.8 Å². The van der Waals surface area contributed by atoms with Crippen LogP contribution in [0.25, 0.3) is 0 Å². The Kier molecular flexibility index (Phi) is 9.23. The van der Waals surface area contributed by atoms with Crippen LogP contribution in [0.15, 0.2) is 60.7 Å². The molecule has 258 valence electrons. The fourth-order valence-electron chi connectivity index (χ4n) is 7.64. The molecule has 13 heteroatoms. The van der Waals surface area contributed by atoms with Gasteiger partial charge >= 0.3 is 5.97 Å². The van der Waals surface area contributed by atoms with E-state index in [1.54, 1.807) is 63.2 Å². The molecule has 2 aliphatic heterocycles. The molecular formula is C36H37Cl2FN4O6. The van der Waals surface area contributed by atoms with Crippen LogP contribution in [-0.2, 0) is 24.5 Å². The molecule has 0 bridgehead atoms. The van der Waals surface area contributed by atoms with Crippen molar-refractivity contribution in [3.63, 3.8) is 0 Å². The van der Waals surface area contributed by atoms with Gasteiger partial charge in [-0.2, -0.15) is 0 Å². The number of nitrogens with zero attached hydrogens (tertiary/aromatic N) is 3. The number of carbonyl (C=O) groups is 3. The molecule has 1 N–H and O–H groups in total. The lowest BCUT2D eigenvalue weighted by Gasteiger charge is -2.40. The molecule has 2 heterocycles. The van der Waals surface area contributed by atoms with E-state index in [2.05, 4.69) is 5.32 Å². The minimum absolute atomic E-state index is 0.0499. The van der Waals surface area contributed by atoms with Crippen LogP contribution in [0.4, 0.5) is 21.5 Å². The first-order valence-corrected chi connectivity index (χ1v) is 16.9. The number of hydrogen-bond acceptors (Lipinski definition) is 7. The summed E-state index contributed by atoms with van der Waals surface area (Å²) in [5, 5.41) is 15.7. The zero-order chi connectivity index (χ0) is 35.4. The molecule has 49 heavy (non-hydrogen) atoms. The topological polar surface area (TPSA) is 122 Å². The summed E-state index contributed by atoms with van der Waals surface area (Å²) in [6, 6.07) is 15.1. The summed E-state index contributed by atoms with van der Waals surface area (Å²) in [6.45, 7) is 5.58. The van der Waals surface area contributed by atoms with E-state index in [9.17, 15) is 24.5 Å². The monoisotopic (exact) mass is 710 g/mol. The Hall–Kier alpha value is -4.06. The number of nitro benzene ring substituents is 1. The van der Waals surface area contributed by atoms with E-state index < -0.39 is 57.4 Å². The molecule has 2 amide bonds. The van der Waals surface area contributed by atoms with Crippen LogP contribution in [0.3, 0.4) is 0 Å². The summed E-state index contributed by atoms with van der Waals surface area (Å²) in [4.78, 5) is 57.3. The number of fused-ring (bicyclic) bond motifs is 1. The number of nitrogens with one attached hydrogen (secondary N) is 1. The average molecular weight is 712 g/mol. The second-order valence-electron chi connectivity index (χ2n) is 13.8. The van der Waals surface area contributed by atoms with Crippen molar-refractivity contribution in [3.8, 4) is 0 Å².